The molecule has 12 heteroatoms. The molecule has 3 aromatic rings. The maximum Gasteiger partial charge on any atom is 0.417 e. The number of alkyl halides is 3. The van der Waals surface area contributed by atoms with Gasteiger partial charge in [-0.1, -0.05) is 6.07 Å². The van der Waals surface area contributed by atoms with E-state index in [9.17, 15) is 38.1 Å². The Labute approximate surface area is 177 Å². The number of nitrogens with one attached hydrogen (secondary N) is 2. The molecule has 4 atom stereocenters. The standard InChI is InChI=1S/C20H19F3N2O7/c21-20(22,23)16-10-4-3-9(24-12(7-26)17(29)18(30)13(28)8-27)6-11(10)25-19(31)15(16)14-2-1-5-32-14/h1-7,12-13,17-18,24,27-30H,8H2,(H,25,31)/t12-,13+,17+,18+/m1/s1. The third-order valence-corrected chi connectivity index (χ3v) is 4.84. The molecule has 172 valence electrons. The Kier molecular flexibility index (Phi) is 6.69. The van der Waals surface area contributed by atoms with Gasteiger partial charge in [-0.2, -0.15) is 13.2 Å². The molecule has 9 nitrogen and oxygen atoms in total. The van der Waals surface area contributed by atoms with E-state index in [1.807, 2.05) is 0 Å². The molecule has 2 aromatic heterocycles. The van der Waals surface area contributed by atoms with Crippen molar-refractivity contribution in [3.8, 4) is 11.3 Å². The molecular weight excluding hydrogens is 437 g/mol. The molecule has 0 amide bonds. The van der Waals surface area contributed by atoms with E-state index in [-0.39, 0.29) is 28.6 Å². The smallest absolute Gasteiger partial charge is 0.417 e. The van der Waals surface area contributed by atoms with Crippen LogP contribution >= 0.6 is 0 Å². The van der Waals surface area contributed by atoms with Gasteiger partial charge in [-0.15, -0.1) is 0 Å². The Morgan fingerprint density at radius 1 is 1.16 bits per heavy atom. The zero-order chi connectivity index (χ0) is 23.6. The van der Waals surface area contributed by atoms with Gasteiger partial charge in [-0.25, -0.2) is 0 Å². The van der Waals surface area contributed by atoms with Crippen LogP contribution in [0.3, 0.4) is 0 Å². The molecule has 0 bridgehead atoms. The first kappa shape index (κ1) is 23.5. The zero-order valence-corrected chi connectivity index (χ0v) is 16.2. The number of carbonyl (C=O) groups is 1. The van der Waals surface area contributed by atoms with Gasteiger partial charge in [0, 0.05) is 11.1 Å². The molecule has 0 aliphatic carbocycles. The van der Waals surface area contributed by atoms with Crippen molar-refractivity contribution in [2.75, 3.05) is 11.9 Å². The largest absolute Gasteiger partial charge is 0.464 e. The average Bonchev–Trinajstić information content (AvgIpc) is 3.28. The van der Waals surface area contributed by atoms with Crippen molar-refractivity contribution in [2.45, 2.75) is 30.5 Å². The lowest BCUT2D eigenvalue weighted by molar-refractivity contribution is -0.136. The Morgan fingerprint density at radius 2 is 1.88 bits per heavy atom. The van der Waals surface area contributed by atoms with Crippen LogP contribution in [0.5, 0.6) is 0 Å². The highest BCUT2D eigenvalue weighted by molar-refractivity contribution is 5.90. The van der Waals surface area contributed by atoms with Crippen LogP contribution in [0.2, 0.25) is 0 Å². The summed E-state index contributed by atoms with van der Waals surface area (Å²) in [5.41, 5.74) is -3.11. The van der Waals surface area contributed by atoms with Crippen molar-refractivity contribution < 1.29 is 42.8 Å². The molecule has 0 spiro atoms. The minimum absolute atomic E-state index is 0.0360. The lowest BCUT2D eigenvalue weighted by Crippen LogP contribution is -2.49. The van der Waals surface area contributed by atoms with Crippen molar-refractivity contribution >= 4 is 22.9 Å². The fraction of sp³-hybridized carbons (Fsp3) is 0.300. The molecule has 0 aliphatic heterocycles. The van der Waals surface area contributed by atoms with Crippen LogP contribution < -0.4 is 10.9 Å². The Balaban J connectivity index is 2.05. The SMILES string of the molecule is O=C[C@@H](Nc1ccc2c(C(F)(F)F)c(-c3ccco3)c(=O)[nH]c2c1)[C@H](O)[C@@H](O)[C@@H](O)CO. The van der Waals surface area contributed by atoms with E-state index in [1.54, 1.807) is 0 Å². The first-order valence-electron chi connectivity index (χ1n) is 9.26. The van der Waals surface area contributed by atoms with E-state index >= 15 is 0 Å². The minimum atomic E-state index is -4.89. The van der Waals surface area contributed by atoms with Gasteiger partial charge in [0.2, 0.25) is 0 Å². The number of furan rings is 1. The van der Waals surface area contributed by atoms with Gasteiger partial charge in [0.1, 0.15) is 36.4 Å². The highest BCUT2D eigenvalue weighted by atomic mass is 19.4. The number of hydrogen-bond donors (Lipinski definition) is 6. The zero-order valence-electron chi connectivity index (χ0n) is 16.2. The third-order valence-electron chi connectivity index (χ3n) is 4.84. The van der Waals surface area contributed by atoms with Gasteiger partial charge in [-0.3, -0.25) is 4.79 Å². The maximum atomic E-state index is 13.9. The fourth-order valence-electron chi connectivity index (χ4n) is 3.28. The van der Waals surface area contributed by atoms with Crippen molar-refractivity contribution in [2.24, 2.45) is 0 Å². The van der Waals surface area contributed by atoms with Gasteiger partial charge in [-0.05, 0) is 24.3 Å². The van der Waals surface area contributed by atoms with E-state index in [0.29, 0.717) is 0 Å². The molecule has 3 rings (SSSR count). The predicted molar refractivity (Wildman–Crippen MR) is 106 cm³/mol. The Bertz CT molecular complexity index is 1140. The van der Waals surface area contributed by atoms with Crippen LogP contribution in [-0.4, -0.2) is 62.7 Å². The van der Waals surface area contributed by atoms with Gasteiger partial charge in [0.25, 0.3) is 5.56 Å². The third kappa shape index (κ3) is 4.53. The number of aromatic amines is 1. The average molecular weight is 456 g/mol. The van der Waals surface area contributed by atoms with Crippen LogP contribution in [0, 0.1) is 0 Å². The number of halogens is 3. The summed E-state index contributed by atoms with van der Waals surface area (Å²) in [6.45, 7) is -0.876. The molecule has 0 saturated carbocycles. The summed E-state index contributed by atoms with van der Waals surface area (Å²) in [5, 5.41) is 40.3. The molecule has 0 fully saturated rings. The first-order chi connectivity index (χ1) is 15.1. The predicted octanol–water partition coefficient (Wildman–Crippen LogP) is 0.861. The highest BCUT2D eigenvalue weighted by Gasteiger charge is 2.38. The number of benzene rings is 1. The Hall–Kier alpha value is -3.19. The lowest BCUT2D eigenvalue weighted by atomic mass is 9.99. The number of aliphatic hydroxyl groups is 4. The molecule has 0 unspecified atom stereocenters. The van der Waals surface area contributed by atoms with E-state index in [1.165, 1.54) is 18.2 Å². The van der Waals surface area contributed by atoms with E-state index < -0.39 is 53.8 Å². The summed E-state index contributed by atoms with van der Waals surface area (Å²) in [4.78, 5) is 26.2. The van der Waals surface area contributed by atoms with Crippen LogP contribution in [0.1, 0.15) is 5.56 Å². The van der Waals surface area contributed by atoms with E-state index in [4.69, 9.17) is 9.52 Å². The second kappa shape index (κ2) is 9.12. The molecule has 32 heavy (non-hydrogen) atoms. The van der Waals surface area contributed by atoms with Crippen molar-refractivity contribution in [1.82, 2.24) is 4.98 Å². The topological polar surface area (TPSA) is 156 Å². The normalized spacial score (nSPS) is 15.8. The number of H-pyrrole nitrogens is 1. The molecule has 0 aliphatic rings. The monoisotopic (exact) mass is 456 g/mol. The van der Waals surface area contributed by atoms with E-state index in [2.05, 4.69) is 10.3 Å². The summed E-state index contributed by atoms with van der Waals surface area (Å²) in [7, 11) is 0. The van der Waals surface area contributed by atoms with Crippen LogP contribution in [0.15, 0.2) is 45.8 Å². The number of fused-ring (bicyclic) bond motifs is 1. The number of rotatable bonds is 8. The molecule has 0 radical (unpaired) electrons. The lowest BCUT2D eigenvalue weighted by Gasteiger charge is -2.27. The second-order valence-corrected chi connectivity index (χ2v) is 6.98. The number of aldehydes is 1. The highest BCUT2D eigenvalue weighted by Crippen LogP contribution is 2.40. The van der Waals surface area contributed by atoms with E-state index in [0.717, 1.165) is 18.4 Å². The number of carbonyl (C=O) groups excluding carboxylic acids is 1. The first-order valence-corrected chi connectivity index (χ1v) is 9.26. The number of hydrogen-bond acceptors (Lipinski definition) is 8. The van der Waals surface area contributed by atoms with Crippen LogP contribution in [0.4, 0.5) is 18.9 Å². The van der Waals surface area contributed by atoms with Crippen molar-refractivity contribution in [3.05, 3.63) is 52.5 Å². The van der Waals surface area contributed by atoms with Gasteiger partial charge in [0.15, 0.2) is 0 Å². The number of pyridine rings is 1. The van der Waals surface area contributed by atoms with Crippen molar-refractivity contribution in [1.29, 1.82) is 0 Å². The van der Waals surface area contributed by atoms with Gasteiger partial charge in [0.05, 0.1) is 29.5 Å². The Morgan fingerprint density at radius 3 is 2.44 bits per heavy atom. The maximum absolute atomic E-state index is 13.9. The van der Waals surface area contributed by atoms with Crippen LogP contribution in [-0.2, 0) is 11.0 Å². The summed E-state index contributed by atoms with van der Waals surface area (Å²) < 4.78 is 46.6. The minimum Gasteiger partial charge on any atom is -0.464 e. The van der Waals surface area contributed by atoms with Gasteiger partial charge < -0.3 is 39.9 Å². The number of aliphatic hydroxyl groups excluding tert-OH is 4. The summed E-state index contributed by atoms with van der Waals surface area (Å²) in [5.74, 6) is -0.261. The molecule has 0 saturated heterocycles. The quantitative estimate of drug-likeness (QED) is 0.273. The van der Waals surface area contributed by atoms with Gasteiger partial charge >= 0.3 is 6.18 Å². The summed E-state index contributed by atoms with van der Waals surface area (Å²) in [6, 6.07) is 4.45. The molecule has 2 heterocycles. The van der Waals surface area contributed by atoms with Crippen LogP contribution in [0.25, 0.3) is 22.2 Å². The summed E-state index contributed by atoms with van der Waals surface area (Å²) >= 11 is 0. The molecule has 1 aromatic carbocycles. The number of aromatic nitrogens is 1. The molecular formula is C20H19F3N2O7. The fourth-order valence-corrected chi connectivity index (χ4v) is 3.28. The second-order valence-electron chi connectivity index (χ2n) is 6.98. The van der Waals surface area contributed by atoms with Crippen molar-refractivity contribution in [3.63, 3.8) is 0 Å². The number of anilines is 1. The summed E-state index contributed by atoms with van der Waals surface area (Å²) in [6.07, 6.45) is -9.00. The molecule has 6 N–H and O–H groups in total.